The van der Waals surface area contributed by atoms with Crippen molar-refractivity contribution in [2.24, 2.45) is 5.92 Å². The number of benzene rings is 1. The van der Waals surface area contributed by atoms with Gasteiger partial charge in [0.25, 0.3) is 0 Å². The normalized spacial score (nSPS) is 20.2. The van der Waals surface area contributed by atoms with Gasteiger partial charge in [0.15, 0.2) is 34.7 Å². The number of aliphatic hydroxyl groups is 1. The van der Waals surface area contributed by atoms with Crippen LogP contribution in [0.2, 0.25) is 0 Å². The molecule has 0 radical (unpaired) electrons. The topological polar surface area (TPSA) is 119 Å². The molecule has 41 heavy (non-hydrogen) atoms. The lowest BCUT2D eigenvalue weighted by Gasteiger charge is -2.36. The first kappa shape index (κ1) is 28.6. The summed E-state index contributed by atoms with van der Waals surface area (Å²) in [6.45, 7) is 7.05. The molecule has 2 aromatic heterocycles. The van der Waals surface area contributed by atoms with Gasteiger partial charge in [-0.15, -0.1) is 0 Å². The van der Waals surface area contributed by atoms with Crippen molar-refractivity contribution in [3.05, 3.63) is 42.6 Å². The van der Waals surface area contributed by atoms with Gasteiger partial charge in [-0.05, 0) is 31.9 Å². The number of hydrogen-bond donors (Lipinski definition) is 2. The van der Waals surface area contributed by atoms with Crippen LogP contribution < -0.4 is 19.7 Å². The zero-order valence-electron chi connectivity index (χ0n) is 23.2. The monoisotopic (exact) mass is 569 g/mol. The number of nitrogens with one attached hydrogen (secondary N) is 1. The molecule has 2 aliphatic heterocycles. The van der Waals surface area contributed by atoms with Gasteiger partial charge in [0.1, 0.15) is 5.52 Å². The van der Waals surface area contributed by atoms with E-state index in [2.05, 4.69) is 16.9 Å². The number of carbonyl (C=O) groups excluding carboxylic acids is 1. The molecule has 2 aliphatic rings. The molecule has 2 atom stereocenters. The minimum atomic E-state index is -0.911. The second-order valence-corrected chi connectivity index (χ2v) is 10.7. The summed E-state index contributed by atoms with van der Waals surface area (Å²) >= 11 is 0. The number of rotatable bonds is 9. The van der Waals surface area contributed by atoms with E-state index in [1.54, 1.807) is 13.1 Å². The van der Waals surface area contributed by atoms with Crippen LogP contribution in [0.4, 0.5) is 20.5 Å². The summed E-state index contributed by atoms with van der Waals surface area (Å²) in [7, 11) is 2.57. The molecule has 12 heteroatoms. The zero-order valence-corrected chi connectivity index (χ0v) is 23.2. The van der Waals surface area contributed by atoms with Crippen molar-refractivity contribution < 1.29 is 32.9 Å². The van der Waals surface area contributed by atoms with Gasteiger partial charge in [0.05, 0.1) is 50.3 Å². The number of piperidine rings is 1. The number of pyridine rings is 1. The lowest BCUT2D eigenvalue weighted by molar-refractivity contribution is -0.115. The molecule has 0 unspecified atom stereocenters. The first-order valence-electron chi connectivity index (χ1n) is 13.4. The summed E-state index contributed by atoms with van der Waals surface area (Å²) in [5.41, 5.74) is -0.729. The maximum atomic E-state index is 15.5. The summed E-state index contributed by atoms with van der Waals surface area (Å²) < 4.78 is 46.8. The Morgan fingerprint density at radius 3 is 2.51 bits per heavy atom. The third-order valence-electron chi connectivity index (χ3n) is 7.72. The molecule has 5 rings (SSSR count). The standard InChI is InChI=1S/C29H33F2N5O5/c1-5-18(37)10-17-14-41-15-20(17)34-28-32-13-16-11-19(23-24(30)21(39-3)12-22(40-4)25(23)31)33-27(26(16)35-28)36-8-6-29(2,38)7-9-36/h5,11-13,17,20,38H,1,6-10,14-15H2,2-4H3,(H,32,34,35)/t17-,20+/m0/s1. The molecule has 0 amide bonds. The number of methoxy groups -OCH3 is 2. The highest BCUT2D eigenvalue weighted by Crippen LogP contribution is 2.40. The minimum absolute atomic E-state index is 0.0218. The van der Waals surface area contributed by atoms with Crippen molar-refractivity contribution in [2.45, 2.75) is 37.8 Å². The summed E-state index contributed by atoms with van der Waals surface area (Å²) in [5.74, 6) is -1.62. The molecule has 2 saturated heterocycles. The van der Waals surface area contributed by atoms with E-state index in [1.165, 1.54) is 26.4 Å². The van der Waals surface area contributed by atoms with Crippen LogP contribution in [-0.2, 0) is 9.53 Å². The first-order valence-corrected chi connectivity index (χ1v) is 13.4. The van der Waals surface area contributed by atoms with Crippen LogP contribution in [0.15, 0.2) is 31.0 Å². The molecule has 2 fully saturated rings. The molecule has 2 N–H and O–H groups in total. The van der Waals surface area contributed by atoms with Gasteiger partial charge < -0.3 is 29.5 Å². The molecular weight excluding hydrogens is 536 g/mol. The van der Waals surface area contributed by atoms with Gasteiger partial charge in [-0.2, -0.15) is 0 Å². The quantitative estimate of drug-likeness (QED) is 0.367. The number of allylic oxidation sites excluding steroid dienone is 1. The van der Waals surface area contributed by atoms with Gasteiger partial charge in [0.2, 0.25) is 5.95 Å². The summed E-state index contributed by atoms with van der Waals surface area (Å²) in [6.07, 6.45) is 4.11. The van der Waals surface area contributed by atoms with Gasteiger partial charge >= 0.3 is 0 Å². The van der Waals surface area contributed by atoms with Crippen LogP contribution in [0.1, 0.15) is 26.2 Å². The number of fused-ring (bicyclic) bond motifs is 1. The van der Waals surface area contributed by atoms with Gasteiger partial charge in [-0.1, -0.05) is 6.58 Å². The molecule has 3 aromatic rings. The van der Waals surface area contributed by atoms with Crippen LogP contribution in [0.25, 0.3) is 22.2 Å². The number of hydrogen-bond acceptors (Lipinski definition) is 10. The fourth-order valence-electron chi connectivity index (χ4n) is 5.22. The third kappa shape index (κ3) is 5.80. The van der Waals surface area contributed by atoms with Gasteiger partial charge in [-0.25, -0.2) is 23.7 Å². The number of nitrogens with zero attached hydrogens (tertiary/aromatic N) is 4. The molecule has 218 valence electrons. The van der Waals surface area contributed by atoms with E-state index in [0.717, 1.165) is 6.07 Å². The van der Waals surface area contributed by atoms with Gasteiger partial charge in [-0.3, -0.25) is 4.79 Å². The highest BCUT2D eigenvalue weighted by molar-refractivity contribution is 5.92. The second-order valence-electron chi connectivity index (χ2n) is 10.7. The van der Waals surface area contributed by atoms with Crippen LogP contribution in [0, 0.1) is 17.6 Å². The fourth-order valence-corrected chi connectivity index (χ4v) is 5.22. The van der Waals surface area contributed by atoms with E-state index >= 15 is 8.78 Å². The molecule has 0 saturated carbocycles. The Hall–Kier alpha value is -3.90. The number of aromatic nitrogens is 3. The van der Waals surface area contributed by atoms with E-state index in [-0.39, 0.29) is 34.9 Å². The first-order chi connectivity index (χ1) is 19.6. The Balaban J connectivity index is 1.59. The highest BCUT2D eigenvalue weighted by atomic mass is 19.1. The number of anilines is 2. The minimum Gasteiger partial charge on any atom is -0.494 e. The van der Waals surface area contributed by atoms with E-state index in [9.17, 15) is 9.90 Å². The highest BCUT2D eigenvalue weighted by Gasteiger charge is 2.32. The Labute approximate surface area is 236 Å². The van der Waals surface area contributed by atoms with Crippen molar-refractivity contribution in [2.75, 3.05) is 50.7 Å². The molecule has 0 bridgehead atoms. The Morgan fingerprint density at radius 2 is 1.88 bits per heavy atom. The fraction of sp³-hybridized carbons (Fsp3) is 0.448. The predicted octanol–water partition coefficient (Wildman–Crippen LogP) is 3.91. The molecule has 10 nitrogen and oxygen atoms in total. The van der Waals surface area contributed by atoms with E-state index in [4.69, 9.17) is 24.2 Å². The largest absolute Gasteiger partial charge is 0.494 e. The number of halogens is 2. The SMILES string of the molecule is C=CC(=O)C[C@H]1COC[C@H]1Nc1ncc2cc(-c3c(F)c(OC)cc(OC)c3F)nc(N3CCC(C)(O)CC3)c2n1. The molecule has 1 aromatic carbocycles. The lowest BCUT2D eigenvalue weighted by atomic mass is 9.94. The van der Waals surface area contributed by atoms with Crippen LogP contribution in [0.5, 0.6) is 11.5 Å². The van der Waals surface area contributed by atoms with E-state index in [1.807, 2.05) is 4.90 Å². The average molecular weight is 570 g/mol. The van der Waals surface area contributed by atoms with Crippen LogP contribution in [0.3, 0.4) is 0 Å². The molecule has 0 aliphatic carbocycles. The average Bonchev–Trinajstić information content (AvgIpc) is 3.39. The number of ketones is 1. The number of ether oxygens (including phenoxy) is 3. The lowest BCUT2D eigenvalue weighted by Crippen LogP contribution is -2.43. The van der Waals surface area contributed by atoms with Crippen molar-refractivity contribution in [1.82, 2.24) is 15.0 Å². The Morgan fingerprint density at radius 1 is 1.20 bits per heavy atom. The zero-order chi connectivity index (χ0) is 29.3. The summed E-state index contributed by atoms with van der Waals surface area (Å²) in [4.78, 5) is 27.8. The Bertz CT molecular complexity index is 1450. The van der Waals surface area contributed by atoms with Crippen molar-refractivity contribution in [1.29, 1.82) is 0 Å². The third-order valence-corrected chi connectivity index (χ3v) is 7.72. The Kier molecular flexibility index (Phi) is 8.05. The van der Waals surface area contributed by atoms with Gasteiger partial charge in [0, 0.05) is 43.1 Å². The second kappa shape index (κ2) is 11.5. The summed E-state index contributed by atoms with van der Waals surface area (Å²) in [5, 5.41) is 14.3. The smallest absolute Gasteiger partial charge is 0.223 e. The van der Waals surface area contributed by atoms with E-state index in [0.29, 0.717) is 68.2 Å². The molecule has 4 heterocycles. The molecule has 0 spiro atoms. The summed E-state index contributed by atoms with van der Waals surface area (Å²) in [6, 6.07) is 2.48. The van der Waals surface area contributed by atoms with Crippen molar-refractivity contribution >= 4 is 28.5 Å². The maximum absolute atomic E-state index is 15.5. The predicted molar refractivity (Wildman–Crippen MR) is 149 cm³/mol. The van der Waals surface area contributed by atoms with Crippen LogP contribution in [-0.4, -0.2) is 78.0 Å². The maximum Gasteiger partial charge on any atom is 0.223 e. The van der Waals surface area contributed by atoms with Crippen LogP contribution >= 0.6 is 0 Å². The van der Waals surface area contributed by atoms with E-state index < -0.39 is 22.8 Å². The van der Waals surface area contributed by atoms with Crippen molar-refractivity contribution in [3.8, 4) is 22.8 Å². The number of carbonyl (C=O) groups is 1. The molecular formula is C29H33F2N5O5. The van der Waals surface area contributed by atoms with Crippen molar-refractivity contribution in [3.63, 3.8) is 0 Å².